The predicted molar refractivity (Wildman–Crippen MR) is 67.3 cm³/mol. The van der Waals surface area contributed by atoms with E-state index in [2.05, 4.69) is 4.90 Å². The van der Waals surface area contributed by atoms with Crippen LogP contribution < -0.4 is 5.73 Å². The molecule has 0 aromatic rings. The highest BCUT2D eigenvalue weighted by molar-refractivity contribution is 4.98. The van der Waals surface area contributed by atoms with E-state index in [1.165, 1.54) is 0 Å². The molecule has 5 heteroatoms. The van der Waals surface area contributed by atoms with Crippen LogP contribution in [0.5, 0.6) is 0 Å². The summed E-state index contributed by atoms with van der Waals surface area (Å²) in [6.45, 7) is 7.11. The Morgan fingerprint density at radius 3 is 2.39 bits per heavy atom. The molecule has 108 valence electrons. The fourth-order valence-corrected chi connectivity index (χ4v) is 3.43. The summed E-state index contributed by atoms with van der Waals surface area (Å²) in [5.74, 6) is -1.19. The van der Waals surface area contributed by atoms with Gasteiger partial charge < -0.3 is 5.73 Å². The van der Waals surface area contributed by atoms with E-state index >= 15 is 0 Å². The van der Waals surface area contributed by atoms with Gasteiger partial charge in [0.25, 0.3) is 0 Å². The molecule has 0 amide bonds. The van der Waals surface area contributed by atoms with Gasteiger partial charge in [-0.1, -0.05) is 13.3 Å². The monoisotopic (exact) mass is 266 g/mol. The molecule has 1 saturated carbocycles. The van der Waals surface area contributed by atoms with Crippen LogP contribution in [0.25, 0.3) is 0 Å². The van der Waals surface area contributed by atoms with E-state index in [4.69, 9.17) is 5.73 Å². The molecule has 18 heavy (non-hydrogen) atoms. The maximum absolute atomic E-state index is 12.9. The second kappa shape index (κ2) is 5.78. The van der Waals surface area contributed by atoms with E-state index in [-0.39, 0.29) is 18.9 Å². The molecule has 0 aliphatic heterocycles. The van der Waals surface area contributed by atoms with Gasteiger partial charge in [-0.2, -0.15) is 13.2 Å². The van der Waals surface area contributed by atoms with Crippen molar-refractivity contribution in [1.82, 2.24) is 4.90 Å². The second-order valence-electron chi connectivity index (χ2n) is 5.64. The minimum atomic E-state index is -4.09. The van der Waals surface area contributed by atoms with Crippen LogP contribution in [0.2, 0.25) is 0 Å². The highest BCUT2D eigenvalue weighted by Gasteiger charge is 2.49. The van der Waals surface area contributed by atoms with Gasteiger partial charge in [0.15, 0.2) is 0 Å². The van der Waals surface area contributed by atoms with Crippen molar-refractivity contribution < 1.29 is 13.2 Å². The number of nitrogens with two attached hydrogens (primary N) is 1. The lowest BCUT2D eigenvalue weighted by Gasteiger charge is -2.50. The quantitative estimate of drug-likeness (QED) is 0.847. The lowest BCUT2D eigenvalue weighted by molar-refractivity contribution is -0.194. The highest BCUT2D eigenvalue weighted by Crippen LogP contribution is 2.44. The fourth-order valence-electron chi connectivity index (χ4n) is 3.43. The molecule has 2 N–H and O–H groups in total. The summed E-state index contributed by atoms with van der Waals surface area (Å²) in [5.41, 5.74) is 5.38. The summed E-state index contributed by atoms with van der Waals surface area (Å²) in [6, 6.07) is 0.227. The van der Waals surface area contributed by atoms with Crippen molar-refractivity contribution in [3.8, 4) is 0 Å². The van der Waals surface area contributed by atoms with Crippen molar-refractivity contribution >= 4 is 0 Å². The van der Waals surface area contributed by atoms with Crippen LogP contribution in [0.15, 0.2) is 0 Å². The van der Waals surface area contributed by atoms with E-state index in [9.17, 15) is 13.2 Å². The zero-order valence-electron chi connectivity index (χ0n) is 11.6. The smallest absolute Gasteiger partial charge is 0.329 e. The van der Waals surface area contributed by atoms with Crippen molar-refractivity contribution in [3.63, 3.8) is 0 Å². The molecule has 1 fully saturated rings. The maximum Gasteiger partial charge on any atom is 0.391 e. The van der Waals surface area contributed by atoms with Gasteiger partial charge in [-0.25, -0.2) is 0 Å². The molecule has 0 radical (unpaired) electrons. The molecule has 0 heterocycles. The Labute approximate surface area is 108 Å². The zero-order chi connectivity index (χ0) is 14.0. The van der Waals surface area contributed by atoms with Crippen molar-refractivity contribution in [2.45, 2.75) is 64.2 Å². The first kappa shape index (κ1) is 15.8. The molecular weight excluding hydrogens is 241 g/mol. The predicted octanol–water partition coefficient (Wildman–Crippen LogP) is 3.17. The SMILES string of the molecule is CCN(C(C)C)C1(CN)CCCC(C(F)(F)F)C1. The fraction of sp³-hybridized carbons (Fsp3) is 1.00. The zero-order valence-corrected chi connectivity index (χ0v) is 11.6. The van der Waals surface area contributed by atoms with Gasteiger partial charge in [-0.3, -0.25) is 4.90 Å². The topological polar surface area (TPSA) is 29.3 Å². The summed E-state index contributed by atoms with van der Waals surface area (Å²) in [5, 5.41) is 0. The average Bonchev–Trinajstić information content (AvgIpc) is 2.28. The maximum atomic E-state index is 12.9. The molecule has 2 nitrogen and oxygen atoms in total. The first-order valence-corrected chi connectivity index (χ1v) is 6.80. The van der Waals surface area contributed by atoms with Crippen LogP contribution >= 0.6 is 0 Å². The number of hydrogen-bond donors (Lipinski definition) is 1. The van der Waals surface area contributed by atoms with Crippen molar-refractivity contribution in [2.24, 2.45) is 11.7 Å². The normalized spacial score (nSPS) is 30.2. The Kier molecular flexibility index (Phi) is 5.06. The first-order valence-electron chi connectivity index (χ1n) is 6.80. The molecule has 0 saturated heterocycles. The number of likely N-dealkylation sites (N-methyl/N-ethyl adjacent to an activating group) is 1. The molecule has 2 atom stereocenters. The van der Waals surface area contributed by atoms with E-state index < -0.39 is 17.6 Å². The molecular formula is C13H25F3N2. The Hall–Kier alpha value is -0.290. The Morgan fingerprint density at radius 2 is 2.00 bits per heavy atom. The van der Waals surface area contributed by atoms with Gasteiger partial charge in [-0.15, -0.1) is 0 Å². The van der Waals surface area contributed by atoms with Crippen LogP contribution in [0.3, 0.4) is 0 Å². The summed E-state index contributed by atoms with van der Waals surface area (Å²) in [7, 11) is 0. The van der Waals surface area contributed by atoms with Gasteiger partial charge in [0.05, 0.1) is 5.92 Å². The van der Waals surface area contributed by atoms with E-state index in [1.54, 1.807) is 0 Å². The standard InChI is InChI=1S/C13H25F3N2/c1-4-18(10(2)3)12(9-17)7-5-6-11(8-12)13(14,15)16/h10-11H,4-9,17H2,1-3H3. The molecule has 1 aliphatic rings. The largest absolute Gasteiger partial charge is 0.391 e. The molecule has 0 spiro atoms. The second-order valence-corrected chi connectivity index (χ2v) is 5.64. The van der Waals surface area contributed by atoms with Crippen molar-refractivity contribution in [3.05, 3.63) is 0 Å². The number of hydrogen-bond acceptors (Lipinski definition) is 2. The molecule has 0 aromatic heterocycles. The highest BCUT2D eigenvalue weighted by atomic mass is 19.4. The summed E-state index contributed by atoms with van der Waals surface area (Å²) in [6.07, 6.45) is -2.29. The summed E-state index contributed by atoms with van der Waals surface area (Å²) in [4.78, 5) is 2.14. The minimum Gasteiger partial charge on any atom is -0.329 e. The Bertz CT molecular complexity index is 265. The van der Waals surface area contributed by atoms with E-state index in [0.717, 1.165) is 13.0 Å². The van der Waals surface area contributed by atoms with E-state index in [0.29, 0.717) is 13.0 Å². The van der Waals surface area contributed by atoms with Crippen LogP contribution in [0, 0.1) is 5.92 Å². The van der Waals surface area contributed by atoms with Crippen molar-refractivity contribution in [1.29, 1.82) is 0 Å². The summed E-state index contributed by atoms with van der Waals surface area (Å²) < 4.78 is 38.8. The van der Waals surface area contributed by atoms with E-state index in [1.807, 2.05) is 20.8 Å². The van der Waals surface area contributed by atoms with Gasteiger partial charge in [0, 0.05) is 18.1 Å². The third kappa shape index (κ3) is 3.18. The Balaban J connectivity index is 2.93. The average molecular weight is 266 g/mol. The van der Waals surface area contributed by atoms with Crippen LogP contribution in [-0.2, 0) is 0 Å². The third-order valence-corrected chi connectivity index (χ3v) is 4.24. The lowest BCUT2D eigenvalue weighted by Crippen LogP contribution is -2.59. The number of halogens is 3. The first-order chi connectivity index (χ1) is 8.27. The van der Waals surface area contributed by atoms with Gasteiger partial charge in [0.2, 0.25) is 0 Å². The molecule has 0 bridgehead atoms. The Morgan fingerprint density at radius 1 is 1.39 bits per heavy atom. The number of rotatable bonds is 4. The van der Waals surface area contributed by atoms with Crippen LogP contribution in [0.4, 0.5) is 13.2 Å². The minimum absolute atomic E-state index is 0.152. The van der Waals surface area contributed by atoms with Crippen LogP contribution in [-0.4, -0.2) is 35.7 Å². The number of alkyl halides is 3. The van der Waals surface area contributed by atoms with Gasteiger partial charge in [0.1, 0.15) is 0 Å². The molecule has 1 rings (SSSR count). The van der Waals surface area contributed by atoms with Crippen LogP contribution in [0.1, 0.15) is 46.5 Å². The van der Waals surface area contributed by atoms with Crippen molar-refractivity contribution in [2.75, 3.05) is 13.1 Å². The summed E-state index contributed by atoms with van der Waals surface area (Å²) >= 11 is 0. The molecule has 1 aliphatic carbocycles. The van der Waals surface area contributed by atoms with Gasteiger partial charge >= 0.3 is 6.18 Å². The lowest BCUT2D eigenvalue weighted by atomic mass is 9.73. The molecule has 0 aromatic carbocycles. The van der Waals surface area contributed by atoms with Gasteiger partial charge in [-0.05, 0) is 39.7 Å². The molecule has 2 unspecified atom stereocenters. The number of nitrogens with zero attached hydrogens (tertiary/aromatic N) is 1. The third-order valence-electron chi connectivity index (χ3n) is 4.24.